The van der Waals surface area contributed by atoms with E-state index in [0.717, 1.165) is 18.9 Å². The SMILES string of the molecule is O=C(NC(=S)N1CCN(c2ccccn2)CC1)c1ccc(F)cc1. The maximum Gasteiger partial charge on any atom is 0.257 e. The van der Waals surface area contributed by atoms with Crippen molar-refractivity contribution in [3.63, 3.8) is 0 Å². The van der Waals surface area contributed by atoms with Crippen molar-refractivity contribution in [1.29, 1.82) is 0 Å². The highest BCUT2D eigenvalue weighted by atomic mass is 32.1. The molecule has 1 aliphatic heterocycles. The van der Waals surface area contributed by atoms with E-state index in [2.05, 4.69) is 15.2 Å². The minimum atomic E-state index is -0.375. The van der Waals surface area contributed by atoms with Gasteiger partial charge in [-0.1, -0.05) is 6.07 Å². The second-order valence-corrected chi connectivity index (χ2v) is 5.81. The van der Waals surface area contributed by atoms with Crippen molar-refractivity contribution in [2.24, 2.45) is 0 Å². The van der Waals surface area contributed by atoms with Gasteiger partial charge in [0.1, 0.15) is 11.6 Å². The standard InChI is InChI=1S/C17H17FN4OS/c18-14-6-4-13(5-7-14)16(23)20-17(24)22-11-9-21(10-12-22)15-3-1-2-8-19-15/h1-8H,9-12H2,(H,20,23,24). The van der Waals surface area contributed by atoms with Crippen molar-refractivity contribution in [3.8, 4) is 0 Å². The molecule has 1 saturated heterocycles. The molecule has 1 aliphatic rings. The van der Waals surface area contributed by atoms with Crippen LogP contribution in [0.1, 0.15) is 10.4 Å². The lowest BCUT2D eigenvalue weighted by molar-refractivity contribution is 0.0973. The number of nitrogens with zero attached hydrogens (tertiary/aromatic N) is 3. The summed E-state index contributed by atoms with van der Waals surface area (Å²) in [7, 11) is 0. The van der Waals surface area contributed by atoms with Crippen LogP contribution in [0.4, 0.5) is 10.2 Å². The largest absolute Gasteiger partial charge is 0.353 e. The summed E-state index contributed by atoms with van der Waals surface area (Å²) in [5, 5.41) is 3.10. The fourth-order valence-electron chi connectivity index (χ4n) is 2.53. The van der Waals surface area contributed by atoms with E-state index in [9.17, 15) is 9.18 Å². The first kappa shape index (κ1) is 16.3. The van der Waals surface area contributed by atoms with E-state index < -0.39 is 0 Å². The lowest BCUT2D eigenvalue weighted by atomic mass is 10.2. The number of carbonyl (C=O) groups excluding carboxylic acids is 1. The van der Waals surface area contributed by atoms with E-state index in [1.54, 1.807) is 6.20 Å². The molecule has 0 spiro atoms. The number of carbonyl (C=O) groups is 1. The first-order valence-electron chi connectivity index (χ1n) is 7.65. The summed E-state index contributed by atoms with van der Waals surface area (Å²) in [6, 6.07) is 11.2. The van der Waals surface area contributed by atoms with Gasteiger partial charge in [-0.2, -0.15) is 0 Å². The highest BCUT2D eigenvalue weighted by Gasteiger charge is 2.21. The Balaban J connectivity index is 1.53. The number of thiocarbonyl (C=S) groups is 1. The Morgan fingerprint density at radius 3 is 2.42 bits per heavy atom. The van der Waals surface area contributed by atoms with Crippen LogP contribution in [-0.2, 0) is 0 Å². The molecule has 7 heteroatoms. The number of hydrogen-bond acceptors (Lipinski definition) is 4. The van der Waals surface area contributed by atoms with Crippen LogP contribution in [0.2, 0.25) is 0 Å². The zero-order valence-electron chi connectivity index (χ0n) is 13.0. The van der Waals surface area contributed by atoms with Gasteiger partial charge in [0.25, 0.3) is 5.91 Å². The molecule has 0 unspecified atom stereocenters. The third-order valence-corrected chi connectivity index (χ3v) is 4.23. The second kappa shape index (κ2) is 7.35. The fraction of sp³-hybridized carbons (Fsp3) is 0.235. The summed E-state index contributed by atoms with van der Waals surface area (Å²) in [5.41, 5.74) is 0.380. The molecule has 1 aromatic heterocycles. The molecular formula is C17H17FN4OS. The molecule has 1 aromatic carbocycles. The summed E-state index contributed by atoms with van der Waals surface area (Å²) in [6.07, 6.45) is 1.77. The predicted octanol–water partition coefficient (Wildman–Crippen LogP) is 2.06. The van der Waals surface area contributed by atoms with Crippen LogP contribution >= 0.6 is 12.2 Å². The molecule has 5 nitrogen and oxygen atoms in total. The lowest BCUT2D eigenvalue weighted by Crippen LogP contribution is -2.52. The summed E-state index contributed by atoms with van der Waals surface area (Å²) in [5.74, 6) is 0.241. The van der Waals surface area contributed by atoms with Crippen molar-refractivity contribution in [2.45, 2.75) is 0 Å². The Kier molecular flexibility index (Phi) is 5.00. The van der Waals surface area contributed by atoms with Gasteiger partial charge in [0, 0.05) is 37.9 Å². The summed E-state index contributed by atoms with van der Waals surface area (Å²) in [4.78, 5) is 20.6. The molecule has 0 atom stereocenters. The van der Waals surface area contributed by atoms with Gasteiger partial charge in [-0.3, -0.25) is 10.1 Å². The number of halogens is 1. The molecule has 2 heterocycles. The van der Waals surface area contributed by atoms with Crippen molar-refractivity contribution >= 4 is 29.1 Å². The van der Waals surface area contributed by atoms with Crippen LogP contribution in [-0.4, -0.2) is 47.1 Å². The molecule has 0 aliphatic carbocycles. The van der Waals surface area contributed by atoms with Gasteiger partial charge in [0.2, 0.25) is 0 Å². The first-order valence-corrected chi connectivity index (χ1v) is 8.06. The van der Waals surface area contributed by atoms with Gasteiger partial charge in [-0.05, 0) is 48.6 Å². The van der Waals surface area contributed by atoms with Crippen LogP contribution < -0.4 is 10.2 Å². The zero-order valence-corrected chi connectivity index (χ0v) is 13.8. The number of benzene rings is 1. The van der Waals surface area contributed by atoms with E-state index >= 15 is 0 Å². The summed E-state index contributed by atoms with van der Waals surface area (Å²) >= 11 is 5.32. The fourth-order valence-corrected chi connectivity index (χ4v) is 2.80. The number of nitrogens with one attached hydrogen (secondary N) is 1. The molecular weight excluding hydrogens is 327 g/mol. The van der Waals surface area contributed by atoms with Crippen molar-refractivity contribution in [3.05, 3.63) is 60.0 Å². The minimum Gasteiger partial charge on any atom is -0.353 e. The Bertz CT molecular complexity index is 715. The van der Waals surface area contributed by atoms with Crippen LogP contribution in [0.15, 0.2) is 48.7 Å². The van der Waals surface area contributed by atoms with Gasteiger partial charge in [0.15, 0.2) is 5.11 Å². The molecule has 24 heavy (non-hydrogen) atoms. The molecule has 1 N–H and O–H groups in total. The molecule has 0 radical (unpaired) electrons. The van der Waals surface area contributed by atoms with Gasteiger partial charge in [-0.15, -0.1) is 0 Å². The van der Waals surface area contributed by atoms with E-state index in [4.69, 9.17) is 12.2 Å². The number of rotatable bonds is 2. The number of aromatic nitrogens is 1. The minimum absolute atomic E-state index is 0.327. The Hall–Kier alpha value is -2.54. The van der Waals surface area contributed by atoms with Gasteiger partial charge in [-0.25, -0.2) is 9.37 Å². The first-order chi connectivity index (χ1) is 11.6. The average molecular weight is 344 g/mol. The maximum absolute atomic E-state index is 12.9. The van der Waals surface area contributed by atoms with Gasteiger partial charge in [0.05, 0.1) is 0 Å². The number of amides is 1. The number of pyridine rings is 1. The Morgan fingerprint density at radius 1 is 1.08 bits per heavy atom. The van der Waals surface area contributed by atoms with Crippen molar-refractivity contribution in [2.75, 3.05) is 31.1 Å². The molecule has 0 bridgehead atoms. The topological polar surface area (TPSA) is 48.5 Å². The molecule has 124 valence electrons. The Morgan fingerprint density at radius 2 is 1.79 bits per heavy atom. The monoisotopic (exact) mass is 344 g/mol. The van der Waals surface area contributed by atoms with E-state index in [-0.39, 0.29) is 11.7 Å². The quantitative estimate of drug-likeness (QED) is 0.845. The molecule has 3 rings (SSSR count). The van der Waals surface area contributed by atoms with Crippen LogP contribution in [0.3, 0.4) is 0 Å². The van der Waals surface area contributed by atoms with Crippen LogP contribution in [0, 0.1) is 5.82 Å². The smallest absolute Gasteiger partial charge is 0.257 e. The maximum atomic E-state index is 12.9. The summed E-state index contributed by atoms with van der Waals surface area (Å²) in [6.45, 7) is 2.98. The van der Waals surface area contributed by atoms with Crippen molar-refractivity contribution < 1.29 is 9.18 Å². The molecule has 0 saturated carbocycles. The molecule has 2 aromatic rings. The van der Waals surface area contributed by atoms with Crippen LogP contribution in [0.5, 0.6) is 0 Å². The molecule has 1 fully saturated rings. The average Bonchev–Trinajstić information content (AvgIpc) is 2.63. The normalized spacial score (nSPS) is 14.4. The molecule has 1 amide bonds. The van der Waals surface area contributed by atoms with Crippen molar-refractivity contribution in [1.82, 2.24) is 15.2 Å². The highest BCUT2D eigenvalue weighted by molar-refractivity contribution is 7.80. The van der Waals surface area contributed by atoms with Crippen LogP contribution in [0.25, 0.3) is 0 Å². The van der Waals surface area contributed by atoms with E-state index in [1.165, 1.54) is 24.3 Å². The Labute approximate surface area is 145 Å². The predicted molar refractivity (Wildman–Crippen MR) is 94.5 cm³/mol. The summed E-state index contributed by atoms with van der Waals surface area (Å²) < 4.78 is 12.9. The van der Waals surface area contributed by atoms with Gasteiger partial charge >= 0.3 is 0 Å². The zero-order chi connectivity index (χ0) is 16.9. The lowest BCUT2D eigenvalue weighted by Gasteiger charge is -2.36. The second-order valence-electron chi connectivity index (χ2n) is 5.43. The third-order valence-electron chi connectivity index (χ3n) is 3.87. The van der Waals surface area contributed by atoms with E-state index in [1.807, 2.05) is 23.1 Å². The highest BCUT2D eigenvalue weighted by Crippen LogP contribution is 2.12. The third kappa shape index (κ3) is 3.86. The van der Waals surface area contributed by atoms with Gasteiger partial charge < -0.3 is 9.80 Å². The number of hydrogen-bond donors (Lipinski definition) is 1. The van der Waals surface area contributed by atoms with E-state index in [0.29, 0.717) is 23.8 Å². The number of anilines is 1. The number of piperazine rings is 1.